The third kappa shape index (κ3) is 9.19. The number of aliphatic hydroxyl groups excluding tert-OH is 1. The molecular formula is C28H33F2N3O5S. The summed E-state index contributed by atoms with van der Waals surface area (Å²) in [5, 5.41) is 12.1. The first kappa shape index (κ1) is 30.3. The smallest absolute Gasteiger partial charge is 0.338 e. The number of aliphatic hydroxyl groups is 1. The van der Waals surface area contributed by atoms with E-state index in [1.165, 1.54) is 35.9 Å². The third-order valence-electron chi connectivity index (χ3n) is 5.99. The van der Waals surface area contributed by atoms with Crippen LogP contribution in [0.5, 0.6) is 0 Å². The second-order valence-electron chi connectivity index (χ2n) is 9.04. The molecule has 0 saturated carbocycles. The van der Waals surface area contributed by atoms with Gasteiger partial charge in [0.05, 0.1) is 17.1 Å². The molecule has 0 aliphatic heterocycles. The largest absolute Gasteiger partial charge is 0.456 e. The second-order valence-corrected chi connectivity index (χ2v) is 10.8. The average Bonchev–Trinajstić information content (AvgIpc) is 2.91. The number of halogens is 2. The Morgan fingerprint density at radius 2 is 1.69 bits per heavy atom. The zero-order valence-corrected chi connectivity index (χ0v) is 22.4. The molecule has 0 aliphatic carbocycles. The van der Waals surface area contributed by atoms with E-state index < -0.39 is 39.8 Å². The van der Waals surface area contributed by atoms with Crippen LogP contribution in [0, 0.1) is 11.6 Å². The molecule has 8 nitrogen and oxygen atoms in total. The third-order valence-corrected chi connectivity index (χ3v) is 7.45. The van der Waals surface area contributed by atoms with E-state index in [2.05, 4.69) is 23.0 Å². The van der Waals surface area contributed by atoms with Crippen molar-refractivity contribution < 1.29 is 31.8 Å². The normalized spacial score (nSPS) is 13.2. The van der Waals surface area contributed by atoms with E-state index in [0.717, 1.165) is 24.1 Å². The highest BCUT2D eigenvalue weighted by Gasteiger charge is 2.25. The van der Waals surface area contributed by atoms with Crippen molar-refractivity contribution in [2.75, 3.05) is 19.7 Å². The van der Waals surface area contributed by atoms with Crippen molar-refractivity contribution >= 4 is 16.0 Å². The predicted octanol–water partition coefficient (Wildman–Crippen LogP) is 2.68. The highest BCUT2D eigenvalue weighted by atomic mass is 32.2. The Balaban J connectivity index is 1.77. The fraction of sp³-hybridized carbons (Fsp3) is 0.321. The van der Waals surface area contributed by atoms with E-state index in [9.17, 15) is 22.0 Å². The van der Waals surface area contributed by atoms with Gasteiger partial charge in [-0.05, 0) is 59.9 Å². The zero-order valence-electron chi connectivity index (χ0n) is 21.6. The van der Waals surface area contributed by atoms with Gasteiger partial charge in [0, 0.05) is 31.7 Å². The number of carbonyl (C=O) groups excluding carboxylic acids is 1. The van der Waals surface area contributed by atoms with E-state index in [0.29, 0.717) is 12.1 Å². The quantitative estimate of drug-likeness (QED) is 0.223. The summed E-state index contributed by atoms with van der Waals surface area (Å²) in [6.07, 6.45) is -0.00184. The molecule has 3 aromatic carbocycles. The van der Waals surface area contributed by atoms with Crippen LogP contribution in [0.15, 0.2) is 71.6 Å². The van der Waals surface area contributed by atoms with E-state index in [-0.39, 0.29) is 36.6 Å². The van der Waals surface area contributed by atoms with Crippen LogP contribution in [-0.2, 0) is 34.1 Å². The fourth-order valence-electron chi connectivity index (χ4n) is 3.99. The van der Waals surface area contributed by atoms with Gasteiger partial charge in [0.15, 0.2) is 0 Å². The van der Waals surface area contributed by atoms with E-state index in [1.54, 1.807) is 0 Å². The highest BCUT2D eigenvalue weighted by molar-refractivity contribution is 7.89. The Kier molecular flexibility index (Phi) is 11.1. The Bertz CT molecular complexity index is 1350. The van der Waals surface area contributed by atoms with Gasteiger partial charge < -0.3 is 20.9 Å². The van der Waals surface area contributed by atoms with Gasteiger partial charge >= 0.3 is 5.97 Å². The van der Waals surface area contributed by atoms with E-state index >= 15 is 0 Å². The molecule has 0 radical (unpaired) electrons. The summed E-state index contributed by atoms with van der Waals surface area (Å²) in [7, 11) is -3.95. The molecule has 5 N–H and O–H groups in total. The summed E-state index contributed by atoms with van der Waals surface area (Å²) in [6, 6.07) is 15.5. The Labute approximate surface area is 227 Å². The summed E-state index contributed by atoms with van der Waals surface area (Å²) in [5.74, 6) is -2.30. The fourth-order valence-corrected chi connectivity index (χ4v) is 5.06. The SMILES string of the molecule is CCc1cccc(CNCC(OC(=O)c2cccc(S(=O)(=O)NCCO)c2)C(N)Cc2cc(F)cc(F)c2)c1. The topological polar surface area (TPSA) is 131 Å². The van der Waals surface area contributed by atoms with Crippen molar-refractivity contribution in [2.24, 2.45) is 5.73 Å². The molecule has 2 atom stereocenters. The van der Waals surface area contributed by atoms with Crippen LogP contribution < -0.4 is 15.8 Å². The molecule has 0 bridgehead atoms. The molecule has 11 heteroatoms. The van der Waals surface area contributed by atoms with Crippen molar-refractivity contribution in [3.8, 4) is 0 Å². The van der Waals surface area contributed by atoms with Gasteiger partial charge in [0.2, 0.25) is 10.0 Å². The number of carbonyl (C=O) groups is 1. The number of sulfonamides is 1. The molecule has 0 aliphatic rings. The van der Waals surface area contributed by atoms with Crippen LogP contribution >= 0.6 is 0 Å². The summed E-state index contributed by atoms with van der Waals surface area (Å²) in [6.45, 7) is 2.09. The molecule has 210 valence electrons. The molecule has 0 amide bonds. The lowest BCUT2D eigenvalue weighted by Crippen LogP contribution is -2.46. The molecule has 2 unspecified atom stereocenters. The molecule has 3 aromatic rings. The average molecular weight is 562 g/mol. The van der Waals surface area contributed by atoms with Crippen LogP contribution in [0.3, 0.4) is 0 Å². The molecule has 0 spiro atoms. The molecule has 39 heavy (non-hydrogen) atoms. The van der Waals surface area contributed by atoms with Crippen molar-refractivity contribution in [3.63, 3.8) is 0 Å². The van der Waals surface area contributed by atoms with Gasteiger partial charge in [-0.1, -0.05) is 37.3 Å². The van der Waals surface area contributed by atoms with Crippen LogP contribution in [0.4, 0.5) is 8.78 Å². The summed E-state index contributed by atoms with van der Waals surface area (Å²) >= 11 is 0. The number of ether oxygens (including phenoxy) is 1. The first-order chi connectivity index (χ1) is 18.6. The van der Waals surface area contributed by atoms with Crippen molar-refractivity contribution in [3.05, 3.63) is 101 Å². The molecule has 3 rings (SSSR count). The second kappa shape index (κ2) is 14.2. The van der Waals surface area contributed by atoms with Crippen LogP contribution in [0.2, 0.25) is 0 Å². The van der Waals surface area contributed by atoms with Gasteiger partial charge in [0.1, 0.15) is 17.7 Å². The number of esters is 1. The number of benzene rings is 3. The first-order valence-corrected chi connectivity index (χ1v) is 14.0. The number of rotatable bonds is 14. The maximum absolute atomic E-state index is 13.7. The van der Waals surface area contributed by atoms with Gasteiger partial charge in [-0.3, -0.25) is 0 Å². The number of aryl methyl sites for hydroxylation is 1. The van der Waals surface area contributed by atoms with Crippen molar-refractivity contribution in [1.82, 2.24) is 10.0 Å². The maximum atomic E-state index is 13.7. The predicted molar refractivity (Wildman–Crippen MR) is 143 cm³/mol. The number of nitrogens with one attached hydrogen (secondary N) is 2. The van der Waals surface area contributed by atoms with Crippen LogP contribution in [0.25, 0.3) is 0 Å². The molecule has 0 heterocycles. The lowest BCUT2D eigenvalue weighted by Gasteiger charge is -2.25. The molecule has 0 saturated heterocycles. The first-order valence-electron chi connectivity index (χ1n) is 12.5. The van der Waals surface area contributed by atoms with Crippen LogP contribution in [0.1, 0.15) is 34.0 Å². The number of hydrogen-bond donors (Lipinski definition) is 4. The van der Waals surface area contributed by atoms with Crippen LogP contribution in [-0.4, -0.2) is 51.3 Å². The van der Waals surface area contributed by atoms with Crippen molar-refractivity contribution in [2.45, 2.75) is 43.4 Å². The Hall–Kier alpha value is -3.22. The lowest BCUT2D eigenvalue weighted by atomic mass is 10.0. The van der Waals surface area contributed by atoms with E-state index in [4.69, 9.17) is 15.6 Å². The minimum Gasteiger partial charge on any atom is -0.456 e. The zero-order chi connectivity index (χ0) is 28.4. The van der Waals surface area contributed by atoms with Gasteiger partial charge in [-0.2, -0.15) is 0 Å². The minimum absolute atomic E-state index is 0.0217. The van der Waals surface area contributed by atoms with Gasteiger partial charge in [-0.15, -0.1) is 0 Å². The molecule has 0 aromatic heterocycles. The van der Waals surface area contributed by atoms with Crippen molar-refractivity contribution in [1.29, 1.82) is 0 Å². The summed E-state index contributed by atoms with van der Waals surface area (Å²) < 4.78 is 60.2. The summed E-state index contributed by atoms with van der Waals surface area (Å²) in [4.78, 5) is 12.9. The monoisotopic (exact) mass is 561 g/mol. The Morgan fingerprint density at radius 1 is 1.00 bits per heavy atom. The molecule has 0 fully saturated rings. The standard InChI is InChI=1S/C28H33F2N3O5S/c1-2-19-5-3-6-20(11-19)17-32-18-27(26(31)14-21-12-23(29)16-24(30)13-21)38-28(35)22-7-4-8-25(15-22)39(36,37)33-9-10-34/h3-8,11-13,15-16,26-27,32-34H,2,9-10,14,17-18,31H2,1H3. The summed E-state index contributed by atoms with van der Waals surface area (Å²) in [5.41, 5.74) is 8.84. The van der Waals surface area contributed by atoms with E-state index in [1.807, 2.05) is 18.2 Å². The lowest BCUT2D eigenvalue weighted by molar-refractivity contribution is 0.0238. The number of hydrogen-bond acceptors (Lipinski definition) is 7. The maximum Gasteiger partial charge on any atom is 0.338 e. The molecular weight excluding hydrogens is 528 g/mol. The minimum atomic E-state index is -3.95. The highest BCUT2D eigenvalue weighted by Crippen LogP contribution is 2.16. The number of nitrogens with two attached hydrogens (primary N) is 1. The van der Waals surface area contributed by atoms with Gasteiger partial charge in [0.25, 0.3) is 0 Å². The Morgan fingerprint density at radius 3 is 2.38 bits per heavy atom. The van der Waals surface area contributed by atoms with Gasteiger partial charge in [-0.25, -0.2) is 26.7 Å².